The fraction of sp³-hybridized carbons (Fsp3) is 0.200. The first-order chi connectivity index (χ1) is 8.99. The molecule has 0 spiro atoms. The Bertz CT molecular complexity index is 634. The minimum Gasteiger partial charge on any atom is -0.359 e. The summed E-state index contributed by atoms with van der Waals surface area (Å²) in [5.41, 5.74) is 0.0785. The van der Waals surface area contributed by atoms with Crippen molar-refractivity contribution in [3.63, 3.8) is 0 Å². The van der Waals surface area contributed by atoms with Crippen molar-refractivity contribution in [1.29, 1.82) is 0 Å². The van der Waals surface area contributed by atoms with Gasteiger partial charge in [0.15, 0.2) is 0 Å². The van der Waals surface area contributed by atoms with Gasteiger partial charge >= 0.3 is 5.69 Å². The standard InChI is InChI=1S/C10H8BrClN4O2S/c1-5-8(16(17)18)9(15-10(12)14-5)13-4-7-6(11)2-3-19-7/h2-3H,4H2,1H3,(H,13,14,15). The molecule has 2 aromatic heterocycles. The molecule has 0 bridgehead atoms. The summed E-state index contributed by atoms with van der Waals surface area (Å²) in [7, 11) is 0. The molecule has 6 nitrogen and oxygen atoms in total. The highest BCUT2D eigenvalue weighted by molar-refractivity contribution is 9.10. The molecule has 0 aliphatic carbocycles. The smallest absolute Gasteiger partial charge is 0.332 e. The minimum absolute atomic E-state index is 0.0177. The third-order valence-electron chi connectivity index (χ3n) is 2.32. The van der Waals surface area contributed by atoms with Gasteiger partial charge in [-0.25, -0.2) is 4.98 Å². The van der Waals surface area contributed by atoms with Crippen LogP contribution in [0, 0.1) is 17.0 Å². The van der Waals surface area contributed by atoms with E-state index in [0.29, 0.717) is 6.54 Å². The maximum absolute atomic E-state index is 11.0. The number of nitro groups is 1. The van der Waals surface area contributed by atoms with Crippen molar-refractivity contribution in [1.82, 2.24) is 9.97 Å². The number of aromatic nitrogens is 2. The second kappa shape index (κ2) is 5.81. The van der Waals surface area contributed by atoms with Crippen LogP contribution in [0.1, 0.15) is 10.6 Å². The van der Waals surface area contributed by atoms with Gasteiger partial charge in [-0.3, -0.25) is 10.1 Å². The number of nitrogens with one attached hydrogen (secondary N) is 1. The van der Waals surface area contributed by atoms with Crippen molar-refractivity contribution < 1.29 is 4.92 Å². The molecule has 0 saturated carbocycles. The van der Waals surface area contributed by atoms with Gasteiger partial charge in [0.05, 0.1) is 11.5 Å². The monoisotopic (exact) mass is 362 g/mol. The van der Waals surface area contributed by atoms with Gasteiger partial charge in [0.2, 0.25) is 11.1 Å². The zero-order valence-corrected chi connectivity index (χ0v) is 12.8. The Balaban J connectivity index is 2.29. The molecule has 0 aromatic carbocycles. The number of hydrogen-bond acceptors (Lipinski definition) is 6. The molecule has 9 heteroatoms. The molecule has 0 fully saturated rings. The Morgan fingerprint density at radius 3 is 2.89 bits per heavy atom. The molecule has 0 radical (unpaired) electrons. The first-order valence-corrected chi connectivity index (χ1v) is 7.18. The van der Waals surface area contributed by atoms with E-state index in [0.717, 1.165) is 9.35 Å². The first kappa shape index (κ1) is 14.2. The quantitative estimate of drug-likeness (QED) is 0.508. The molecular weight excluding hydrogens is 356 g/mol. The summed E-state index contributed by atoms with van der Waals surface area (Å²) in [6.07, 6.45) is 0. The summed E-state index contributed by atoms with van der Waals surface area (Å²) < 4.78 is 0.949. The predicted octanol–water partition coefficient (Wildman–Crippen LogP) is 3.78. The van der Waals surface area contributed by atoms with Crippen molar-refractivity contribution in [2.45, 2.75) is 13.5 Å². The summed E-state index contributed by atoms with van der Waals surface area (Å²) in [4.78, 5) is 19.2. The van der Waals surface area contributed by atoms with Crippen molar-refractivity contribution in [2.24, 2.45) is 0 Å². The molecule has 0 unspecified atom stereocenters. The van der Waals surface area contributed by atoms with Crippen LogP contribution in [-0.2, 0) is 6.54 Å². The lowest BCUT2D eigenvalue weighted by atomic mass is 10.3. The largest absolute Gasteiger partial charge is 0.359 e. The highest BCUT2D eigenvalue weighted by Gasteiger charge is 2.21. The summed E-state index contributed by atoms with van der Waals surface area (Å²) in [6.45, 7) is 1.95. The molecule has 0 atom stereocenters. The van der Waals surface area contributed by atoms with Crippen LogP contribution in [0.15, 0.2) is 15.9 Å². The Labute approximate surface area is 126 Å². The van der Waals surface area contributed by atoms with E-state index in [1.807, 2.05) is 11.4 Å². The molecule has 0 aliphatic heterocycles. The summed E-state index contributed by atoms with van der Waals surface area (Å²) in [6, 6.07) is 1.91. The van der Waals surface area contributed by atoms with Crippen molar-refractivity contribution >= 4 is 50.4 Å². The molecule has 0 amide bonds. The van der Waals surface area contributed by atoms with Gasteiger partial charge in [0, 0.05) is 9.35 Å². The lowest BCUT2D eigenvalue weighted by Crippen LogP contribution is -2.07. The number of thiophene rings is 1. The first-order valence-electron chi connectivity index (χ1n) is 5.13. The molecule has 19 heavy (non-hydrogen) atoms. The van der Waals surface area contributed by atoms with Crippen molar-refractivity contribution in [2.75, 3.05) is 5.32 Å². The van der Waals surface area contributed by atoms with Crippen LogP contribution in [-0.4, -0.2) is 14.9 Å². The Kier molecular flexibility index (Phi) is 4.33. The van der Waals surface area contributed by atoms with Crippen molar-refractivity contribution in [3.8, 4) is 0 Å². The zero-order chi connectivity index (χ0) is 14.0. The summed E-state index contributed by atoms with van der Waals surface area (Å²) in [5.74, 6) is 0.128. The molecule has 2 heterocycles. The van der Waals surface area contributed by atoms with E-state index >= 15 is 0 Å². The van der Waals surface area contributed by atoms with E-state index in [-0.39, 0.29) is 22.5 Å². The van der Waals surface area contributed by atoms with Crippen LogP contribution < -0.4 is 5.32 Å². The Hall–Kier alpha value is -1.25. The number of halogens is 2. The lowest BCUT2D eigenvalue weighted by Gasteiger charge is -2.07. The van der Waals surface area contributed by atoms with E-state index < -0.39 is 4.92 Å². The second-order valence-corrected chi connectivity index (χ2v) is 5.77. The molecular formula is C10H8BrClN4O2S. The van der Waals surface area contributed by atoms with E-state index in [1.54, 1.807) is 0 Å². The highest BCUT2D eigenvalue weighted by atomic mass is 79.9. The lowest BCUT2D eigenvalue weighted by molar-refractivity contribution is -0.385. The number of anilines is 1. The maximum atomic E-state index is 11.0. The predicted molar refractivity (Wildman–Crippen MR) is 77.8 cm³/mol. The Morgan fingerprint density at radius 1 is 1.58 bits per heavy atom. The van der Waals surface area contributed by atoms with E-state index in [2.05, 4.69) is 31.2 Å². The molecule has 0 saturated heterocycles. The van der Waals surface area contributed by atoms with Crippen LogP contribution in [0.5, 0.6) is 0 Å². The van der Waals surface area contributed by atoms with Gasteiger partial charge in [-0.05, 0) is 45.9 Å². The van der Waals surface area contributed by atoms with Crippen LogP contribution in [0.25, 0.3) is 0 Å². The van der Waals surface area contributed by atoms with Gasteiger partial charge < -0.3 is 5.32 Å². The molecule has 1 N–H and O–H groups in total. The highest BCUT2D eigenvalue weighted by Crippen LogP contribution is 2.28. The van der Waals surface area contributed by atoms with Crippen LogP contribution in [0.3, 0.4) is 0 Å². The minimum atomic E-state index is -0.516. The van der Waals surface area contributed by atoms with Crippen molar-refractivity contribution in [3.05, 3.63) is 41.9 Å². The average molecular weight is 364 g/mol. The number of rotatable bonds is 4. The molecule has 0 aliphatic rings. The fourth-order valence-electron chi connectivity index (χ4n) is 1.49. The van der Waals surface area contributed by atoms with Gasteiger partial charge in [-0.2, -0.15) is 4.98 Å². The summed E-state index contributed by atoms with van der Waals surface area (Å²) in [5, 5.41) is 15.8. The van der Waals surface area contributed by atoms with E-state index in [1.165, 1.54) is 18.3 Å². The third kappa shape index (κ3) is 3.20. The van der Waals surface area contributed by atoms with E-state index in [9.17, 15) is 10.1 Å². The van der Waals surface area contributed by atoms with Gasteiger partial charge in [0.1, 0.15) is 5.69 Å². The normalized spacial score (nSPS) is 10.5. The van der Waals surface area contributed by atoms with Gasteiger partial charge in [0.25, 0.3) is 0 Å². The topological polar surface area (TPSA) is 81.0 Å². The SMILES string of the molecule is Cc1nc(Cl)nc(NCc2sccc2Br)c1[N+](=O)[O-]. The summed E-state index contributed by atoms with van der Waals surface area (Å²) >= 11 is 10.7. The molecule has 2 rings (SSSR count). The van der Waals surface area contributed by atoms with Crippen LogP contribution >= 0.6 is 38.9 Å². The zero-order valence-electron chi connectivity index (χ0n) is 9.68. The van der Waals surface area contributed by atoms with Crippen LogP contribution in [0.2, 0.25) is 5.28 Å². The molecule has 100 valence electrons. The van der Waals surface area contributed by atoms with Gasteiger partial charge in [-0.15, -0.1) is 11.3 Å². The fourth-order valence-corrected chi connectivity index (χ4v) is 3.13. The van der Waals surface area contributed by atoms with Crippen LogP contribution in [0.4, 0.5) is 11.5 Å². The van der Waals surface area contributed by atoms with E-state index in [4.69, 9.17) is 11.6 Å². The second-order valence-electron chi connectivity index (χ2n) is 3.58. The number of nitrogens with zero attached hydrogens (tertiary/aromatic N) is 3. The number of hydrogen-bond donors (Lipinski definition) is 1. The average Bonchev–Trinajstić information content (AvgIpc) is 2.70. The third-order valence-corrected chi connectivity index (χ3v) is 4.42. The molecule has 2 aromatic rings. The number of aryl methyl sites for hydroxylation is 1. The van der Waals surface area contributed by atoms with Gasteiger partial charge in [-0.1, -0.05) is 0 Å². The maximum Gasteiger partial charge on any atom is 0.332 e. The Morgan fingerprint density at radius 2 is 2.32 bits per heavy atom.